The van der Waals surface area contributed by atoms with Gasteiger partial charge in [-0.15, -0.1) is 11.8 Å². The van der Waals surface area contributed by atoms with Crippen molar-refractivity contribution in [1.82, 2.24) is 0 Å². The largest absolute Gasteiger partial charge is 0.193 e. The van der Waals surface area contributed by atoms with Crippen molar-refractivity contribution in [3.05, 3.63) is 22.1 Å². The van der Waals surface area contributed by atoms with Crippen LogP contribution in [0.15, 0.2) is 22.1 Å². The third-order valence-electron chi connectivity index (χ3n) is 4.01. The lowest BCUT2D eigenvalue weighted by atomic mass is 9.52. The molecule has 2 unspecified atom stereocenters. The molecule has 2 aliphatic rings. The molecule has 1 heterocycles. The number of hydrogen-bond donors (Lipinski definition) is 0. The van der Waals surface area contributed by atoms with Crippen LogP contribution in [-0.4, -0.2) is 4.75 Å². The third kappa shape index (κ3) is 1.27. The molecule has 2 atom stereocenters. The zero-order valence-electron chi connectivity index (χ0n) is 10.9. The molecule has 1 aliphatic carbocycles. The quantitative estimate of drug-likeness (QED) is 0.609. The van der Waals surface area contributed by atoms with Crippen LogP contribution < -0.4 is 0 Å². The number of nitrogens with zero attached hydrogens (tertiary/aromatic N) is 2. The second-order valence-electron chi connectivity index (χ2n) is 6.07. The van der Waals surface area contributed by atoms with Gasteiger partial charge in [0.15, 0.2) is 0 Å². The molecule has 2 nitrogen and oxygen atoms in total. The monoisotopic (exact) mass is 244 g/mol. The summed E-state index contributed by atoms with van der Waals surface area (Å²) in [6.45, 7) is 10.7. The van der Waals surface area contributed by atoms with E-state index in [0.29, 0.717) is 10.5 Å². The Kier molecular flexibility index (Phi) is 2.29. The van der Waals surface area contributed by atoms with Gasteiger partial charge in [-0.25, -0.2) is 0 Å². The van der Waals surface area contributed by atoms with Crippen LogP contribution in [0.1, 0.15) is 34.6 Å². The van der Waals surface area contributed by atoms with Crippen LogP contribution in [0.3, 0.4) is 0 Å². The Hall–Kier alpha value is -1.19. The first-order valence-electron chi connectivity index (χ1n) is 5.68. The molecule has 0 N–H and O–H groups in total. The van der Waals surface area contributed by atoms with Crippen molar-refractivity contribution < 1.29 is 0 Å². The Morgan fingerprint density at radius 2 is 1.76 bits per heavy atom. The molecular weight excluding hydrogens is 228 g/mol. The first-order valence-corrected chi connectivity index (χ1v) is 6.50. The zero-order valence-corrected chi connectivity index (χ0v) is 11.7. The number of rotatable bonds is 0. The molecule has 0 saturated carbocycles. The van der Waals surface area contributed by atoms with Crippen LogP contribution in [0.25, 0.3) is 0 Å². The van der Waals surface area contributed by atoms with Crippen molar-refractivity contribution in [2.75, 3.05) is 0 Å². The lowest BCUT2D eigenvalue weighted by Gasteiger charge is -2.54. The number of nitriles is 2. The van der Waals surface area contributed by atoms with Crippen molar-refractivity contribution in [2.45, 2.75) is 39.4 Å². The lowest BCUT2D eigenvalue weighted by Crippen LogP contribution is -2.51. The normalized spacial score (nSPS) is 35.6. The molecule has 0 spiro atoms. The Labute approximate surface area is 107 Å². The van der Waals surface area contributed by atoms with Crippen LogP contribution >= 0.6 is 11.8 Å². The number of fused-ring (bicyclic) bond motifs is 1. The number of hydrogen-bond acceptors (Lipinski definition) is 3. The van der Waals surface area contributed by atoms with E-state index in [-0.39, 0.29) is 15.6 Å². The maximum absolute atomic E-state index is 9.35. The van der Waals surface area contributed by atoms with E-state index in [0.717, 1.165) is 0 Å². The van der Waals surface area contributed by atoms with Gasteiger partial charge in [0.25, 0.3) is 0 Å². The summed E-state index contributed by atoms with van der Waals surface area (Å²) in [5.41, 5.74) is 1.71. The summed E-state index contributed by atoms with van der Waals surface area (Å²) in [6, 6.07) is 4.43. The molecule has 0 radical (unpaired) electrons. The predicted molar refractivity (Wildman–Crippen MR) is 69.9 cm³/mol. The van der Waals surface area contributed by atoms with Gasteiger partial charge >= 0.3 is 0 Å². The van der Waals surface area contributed by atoms with Crippen LogP contribution in [0.2, 0.25) is 0 Å². The van der Waals surface area contributed by atoms with E-state index in [1.165, 1.54) is 17.3 Å². The highest BCUT2D eigenvalue weighted by Crippen LogP contribution is 2.70. The molecule has 0 amide bonds. The fraction of sp³-hybridized carbons (Fsp3) is 0.571. The van der Waals surface area contributed by atoms with Gasteiger partial charge in [-0.1, -0.05) is 32.4 Å². The summed E-state index contributed by atoms with van der Waals surface area (Å²) >= 11 is 1.53. The molecule has 0 aromatic rings. The Morgan fingerprint density at radius 1 is 1.18 bits per heavy atom. The fourth-order valence-electron chi connectivity index (χ4n) is 2.97. The lowest BCUT2D eigenvalue weighted by molar-refractivity contribution is 0.279. The second kappa shape index (κ2) is 3.18. The Bertz CT molecular complexity index is 536. The van der Waals surface area contributed by atoms with Gasteiger partial charge in [0.05, 0.1) is 16.4 Å². The van der Waals surface area contributed by atoms with E-state index >= 15 is 0 Å². The highest BCUT2D eigenvalue weighted by Gasteiger charge is 2.63. The summed E-state index contributed by atoms with van der Waals surface area (Å²) in [5.74, 6) is 0. The van der Waals surface area contributed by atoms with Crippen molar-refractivity contribution >= 4 is 11.8 Å². The molecule has 2 rings (SSSR count). The average Bonchev–Trinajstić information content (AvgIpc) is 2.37. The summed E-state index contributed by atoms with van der Waals surface area (Å²) < 4.78 is -0.119. The summed E-state index contributed by atoms with van der Waals surface area (Å²) in [5, 5.41) is 18.5. The molecule has 0 aromatic heterocycles. The van der Waals surface area contributed by atoms with Gasteiger partial charge in [0.2, 0.25) is 0 Å². The van der Waals surface area contributed by atoms with Crippen LogP contribution in [0, 0.1) is 33.5 Å². The van der Waals surface area contributed by atoms with Gasteiger partial charge in [0.1, 0.15) is 11.0 Å². The molecule has 17 heavy (non-hydrogen) atoms. The minimum absolute atomic E-state index is 0.0435. The Morgan fingerprint density at radius 3 is 2.18 bits per heavy atom. The van der Waals surface area contributed by atoms with Gasteiger partial charge in [-0.2, -0.15) is 10.5 Å². The number of thioether (sulfide) groups is 1. The van der Waals surface area contributed by atoms with Crippen molar-refractivity contribution in [1.29, 1.82) is 10.5 Å². The highest BCUT2D eigenvalue weighted by molar-refractivity contribution is 8.05. The maximum atomic E-state index is 9.35. The van der Waals surface area contributed by atoms with E-state index < -0.39 is 0 Å². The fourth-order valence-corrected chi connectivity index (χ4v) is 4.38. The zero-order chi connectivity index (χ0) is 13.1. The molecule has 0 fully saturated rings. The summed E-state index contributed by atoms with van der Waals surface area (Å²) in [4.78, 5) is 0.591. The van der Waals surface area contributed by atoms with Crippen LogP contribution in [-0.2, 0) is 0 Å². The van der Waals surface area contributed by atoms with E-state index in [1.807, 2.05) is 0 Å². The third-order valence-corrected chi connectivity index (χ3v) is 5.46. The standard InChI is InChI=1S/C14H16N2S/c1-12(2,3)11-6-13(4)14(11,5)9(7-15)10(8-16)17-13/h6H,1-5H3. The van der Waals surface area contributed by atoms with E-state index in [1.54, 1.807) is 0 Å². The predicted octanol–water partition coefficient (Wildman–Crippen LogP) is 3.79. The molecule has 3 heteroatoms. The van der Waals surface area contributed by atoms with E-state index in [4.69, 9.17) is 5.26 Å². The van der Waals surface area contributed by atoms with Crippen LogP contribution in [0.5, 0.6) is 0 Å². The minimum atomic E-state index is -0.268. The number of allylic oxidation sites excluding steroid dienone is 3. The van der Waals surface area contributed by atoms with Gasteiger partial charge in [-0.05, 0) is 19.3 Å². The Balaban J connectivity index is 2.62. The summed E-state index contributed by atoms with van der Waals surface area (Å²) in [6.07, 6.45) is 2.24. The minimum Gasteiger partial charge on any atom is -0.193 e. The molecule has 0 saturated heterocycles. The molecule has 0 bridgehead atoms. The van der Waals surface area contributed by atoms with Crippen molar-refractivity contribution in [2.24, 2.45) is 10.8 Å². The molecule has 1 aliphatic heterocycles. The smallest absolute Gasteiger partial charge is 0.107 e. The first kappa shape index (κ1) is 12.3. The maximum Gasteiger partial charge on any atom is 0.107 e. The van der Waals surface area contributed by atoms with Gasteiger partial charge < -0.3 is 0 Å². The van der Waals surface area contributed by atoms with Crippen LogP contribution in [0.4, 0.5) is 0 Å². The molecular formula is C14H16N2S. The first-order chi connectivity index (χ1) is 7.70. The molecule has 88 valence electrons. The van der Waals surface area contributed by atoms with Gasteiger partial charge in [0, 0.05) is 5.41 Å². The van der Waals surface area contributed by atoms with E-state index in [2.05, 4.69) is 52.8 Å². The van der Waals surface area contributed by atoms with Gasteiger partial charge in [-0.3, -0.25) is 0 Å². The van der Waals surface area contributed by atoms with E-state index in [9.17, 15) is 5.26 Å². The topological polar surface area (TPSA) is 47.6 Å². The summed E-state index contributed by atoms with van der Waals surface area (Å²) in [7, 11) is 0. The highest BCUT2D eigenvalue weighted by atomic mass is 32.2. The van der Waals surface area contributed by atoms with Crippen molar-refractivity contribution in [3.63, 3.8) is 0 Å². The van der Waals surface area contributed by atoms with Crippen molar-refractivity contribution in [3.8, 4) is 12.1 Å². The molecule has 0 aromatic carbocycles. The second-order valence-corrected chi connectivity index (χ2v) is 7.53. The average molecular weight is 244 g/mol. The SMILES string of the molecule is CC(C)(C)C1=CC2(C)SC(C#N)=C(C#N)C12C.